The third-order valence-electron chi connectivity index (χ3n) is 1.12. The molecule has 0 rings (SSSR count). The number of hydrogen-bond donors (Lipinski definition) is 2. The normalized spacial score (nSPS) is 13.9. The third-order valence-corrected chi connectivity index (χ3v) is 1.64. The van der Waals surface area contributed by atoms with Crippen LogP contribution in [0.15, 0.2) is 0 Å². The molecular weight excluding hydrogens is 118 g/mol. The molecule has 0 saturated heterocycles. The fourth-order valence-electron chi connectivity index (χ4n) is 0.670. The Labute approximate surface area is 57.1 Å². The molecule has 0 aromatic rings. The highest BCUT2D eigenvalue weighted by atomic mass is 32.1. The Kier molecular flexibility index (Phi) is 5.66. The predicted molar refractivity (Wildman–Crippen MR) is 41.4 cm³/mol. The van der Waals surface area contributed by atoms with E-state index in [1.165, 1.54) is 12.8 Å². The molecule has 0 saturated carbocycles. The fourth-order valence-corrected chi connectivity index (χ4v) is 1.08. The van der Waals surface area contributed by atoms with Crippen LogP contribution in [0.3, 0.4) is 0 Å². The highest BCUT2D eigenvalue weighted by Crippen LogP contribution is 2.06. The zero-order valence-electron chi connectivity index (χ0n) is 5.43. The first-order valence-electron chi connectivity index (χ1n) is 3.19. The maximum Gasteiger partial charge on any atom is 0.00286 e. The summed E-state index contributed by atoms with van der Waals surface area (Å²) in [6, 6.07) is 0. The van der Waals surface area contributed by atoms with Gasteiger partial charge in [-0.1, -0.05) is 13.3 Å². The first-order chi connectivity index (χ1) is 3.81. The number of thiol groups is 1. The number of hydrogen-bond acceptors (Lipinski definition) is 2. The molecule has 1 atom stereocenters. The Hall–Kier alpha value is 0.310. The molecule has 0 spiro atoms. The number of rotatable bonds is 4. The van der Waals surface area contributed by atoms with Crippen LogP contribution < -0.4 is 5.73 Å². The van der Waals surface area contributed by atoms with Crippen molar-refractivity contribution in [1.29, 1.82) is 0 Å². The standard InChI is InChI=1S/C6H15NS/c1-2-3-6(8)4-5-7/h6,8H,2-5,7H2,1H3. The molecule has 0 bridgehead atoms. The topological polar surface area (TPSA) is 26.0 Å². The van der Waals surface area contributed by atoms with Gasteiger partial charge in [0.2, 0.25) is 0 Å². The number of nitrogens with two attached hydrogens (primary N) is 1. The van der Waals surface area contributed by atoms with Crippen molar-refractivity contribution in [2.45, 2.75) is 31.4 Å². The molecule has 0 heterocycles. The van der Waals surface area contributed by atoms with Gasteiger partial charge in [0.05, 0.1) is 0 Å². The lowest BCUT2D eigenvalue weighted by atomic mass is 10.2. The molecule has 8 heavy (non-hydrogen) atoms. The SMILES string of the molecule is CCCC(S)CCN. The first-order valence-corrected chi connectivity index (χ1v) is 3.71. The van der Waals surface area contributed by atoms with E-state index in [2.05, 4.69) is 19.6 Å². The second kappa shape index (κ2) is 5.45. The van der Waals surface area contributed by atoms with E-state index < -0.39 is 0 Å². The highest BCUT2D eigenvalue weighted by molar-refractivity contribution is 7.80. The second-order valence-corrected chi connectivity index (χ2v) is 2.75. The maximum absolute atomic E-state index is 5.31. The minimum atomic E-state index is 0.532. The Morgan fingerprint density at radius 1 is 1.50 bits per heavy atom. The van der Waals surface area contributed by atoms with Crippen LogP contribution in [0.1, 0.15) is 26.2 Å². The zero-order valence-corrected chi connectivity index (χ0v) is 6.32. The summed E-state index contributed by atoms with van der Waals surface area (Å²) in [6.07, 6.45) is 3.46. The minimum Gasteiger partial charge on any atom is -0.330 e. The monoisotopic (exact) mass is 133 g/mol. The van der Waals surface area contributed by atoms with Crippen molar-refractivity contribution >= 4 is 12.6 Å². The van der Waals surface area contributed by atoms with Gasteiger partial charge >= 0.3 is 0 Å². The van der Waals surface area contributed by atoms with Crippen LogP contribution in [-0.4, -0.2) is 11.8 Å². The van der Waals surface area contributed by atoms with Crippen LogP contribution in [0.2, 0.25) is 0 Å². The molecule has 2 N–H and O–H groups in total. The van der Waals surface area contributed by atoms with Crippen molar-refractivity contribution in [3.63, 3.8) is 0 Å². The lowest BCUT2D eigenvalue weighted by Crippen LogP contribution is -2.07. The van der Waals surface area contributed by atoms with Crippen molar-refractivity contribution in [2.24, 2.45) is 5.73 Å². The van der Waals surface area contributed by atoms with Crippen LogP contribution in [0.4, 0.5) is 0 Å². The molecule has 0 amide bonds. The van der Waals surface area contributed by atoms with Gasteiger partial charge in [0.25, 0.3) is 0 Å². The van der Waals surface area contributed by atoms with Gasteiger partial charge in [-0.3, -0.25) is 0 Å². The van der Waals surface area contributed by atoms with E-state index in [1.807, 2.05) is 0 Å². The van der Waals surface area contributed by atoms with E-state index in [1.54, 1.807) is 0 Å². The van der Waals surface area contributed by atoms with Gasteiger partial charge in [-0.2, -0.15) is 12.6 Å². The molecule has 0 aliphatic heterocycles. The van der Waals surface area contributed by atoms with Crippen LogP contribution in [0.25, 0.3) is 0 Å². The fraction of sp³-hybridized carbons (Fsp3) is 1.00. The largest absolute Gasteiger partial charge is 0.330 e. The van der Waals surface area contributed by atoms with Crippen LogP contribution >= 0.6 is 12.6 Å². The van der Waals surface area contributed by atoms with Crippen molar-refractivity contribution in [3.05, 3.63) is 0 Å². The smallest absolute Gasteiger partial charge is 0.00286 e. The molecule has 2 heteroatoms. The third kappa shape index (κ3) is 4.47. The van der Waals surface area contributed by atoms with Crippen molar-refractivity contribution in [3.8, 4) is 0 Å². The molecule has 0 aliphatic carbocycles. The van der Waals surface area contributed by atoms with Crippen LogP contribution in [-0.2, 0) is 0 Å². The van der Waals surface area contributed by atoms with E-state index in [9.17, 15) is 0 Å². The average molecular weight is 133 g/mol. The Balaban J connectivity index is 2.92. The Morgan fingerprint density at radius 3 is 2.50 bits per heavy atom. The summed E-state index contributed by atoms with van der Waals surface area (Å²) >= 11 is 4.31. The zero-order chi connectivity index (χ0) is 6.41. The van der Waals surface area contributed by atoms with Crippen molar-refractivity contribution in [2.75, 3.05) is 6.54 Å². The van der Waals surface area contributed by atoms with Crippen LogP contribution in [0.5, 0.6) is 0 Å². The molecule has 0 radical (unpaired) electrons. The lowest BCUT2D eigenvalue weighted by Gasteiger charge is -2.04. The van der Waals surface area contributed by atoms with E-state index in [0.717, 1.165) is 13.0 Å². The summed E-state index contributed by atoms with van der Waals surface area (Å²) in [5, 5.41) is 0.532. The Morgan fingerprint density at radius 2 is 2.12 bits per heavy atom. The van der Waals surface area contributed by atoms with Gasteiger partial charge in [-0.05, 0) is 19.4 Å². The Bertz CT molecular complexity index is 41.8. The molecule has 0 aromatic heterocycles. The van der Waals surface area contributed by atoms with Gasteiger partial charge in [0.15, 0.2) is 0 Å². The van der Waals surface area contributed by atoms with Gasteiger partial charge < -0.3 is 5.73 Å². The van der Waals surface area contributed by atoms with Gasteiger partial charge in [0, 0.05) is 5.25 Å². The molecule has 0 fully saturated rings. The van der Waals surface area contributed by atoms with Gasteiger partial charge in [0.1, 0.15) is 0 Å². The van der Waals surface area contributed by atoms with E-state index in [0.29, 0.717) is 5.25 Å². The summed E-state index contributed by atoms with van der Waals surface area (Å²) in [6.45, 7) is 2.94. The van der Waals surface area contributed by atoms with E-state index in [-0.39, 0.29) is 0 Å². The van der Waals surface area contributed by atoms with E-state index in [4.69, 9.17) is 5.73 Å². The summed E-state index contributed by atoms with van der Waals surface area (Å²) in [5.41, 5.74) is 5.31. The van der Waals surface area contributed by atoms with Gasteiger partial charge in [-0.25, -0.2) is 0 Å². The average Bonchev–Trinajstić information content (AvgIpc) is 1.68. The predicted octanol–water partition coefficient (Wildman–Crippen LogP) is 1.43. The quantitative estimate of drug-likeness (QED) is 0.557. The molecule has 1 nitrogen and oxygen atoms in total. The second-order valence-electron chi connectivity index (χ2n) is 2.02. The molecule has 0 aliphatic rings. The highest BCUT2D eigenvalue weighted by Gasteiger charge is 1.96. The summed E-state index contributed by atoms with van der Waals surface area (Å²) < 4.78 is 0. The van der Waals surface area contributed by atoms with Crippen LogP contribution in [0, 0.1) is 0 Å². The molecular formula is C6H15NS. The van der Waals surface area contributed by atoms with E-state index >= 15 is 0 Å². The minimum absolute atomic E-state index is 0.532. The summed E-state index contributed by atoms with van der Waals surface area (Å²) in [4.78, 5) is 0. The maximum atomic E-state index is 5.31. The molecule has 50 valence electrons. The van der Waals surface area contributed by atoms with Crippen molar-refractivity contribution < 1.29 is 0 Å². The molecule has 1 unspecified atom stereocenters. The lowest BCUT2D eigenvalue weighted by molar-refractivity contribution is 0.695. The summed E-state index contributed by atoms with van der Waals surface area (Å²) in [7, 11) is 0. The van der Waals surface area contributed by atoms with Crippen molar-refractivity contribution in [1.82, 2.24) is 0 Å². The summed E-state index contributed by atoms with van der Waals surface area (Å²) in [5.74, 6) is 0. The van der Waals surface area contributed by atoms with Gasteiger partial charge in [-0.15, -0.1) is 0 Å². The molecule has 0 aromatic carbocycles. The first kappa shape index (κ1) is 8.31.